The van der Waals surface area contributed by atoms with E-state index in [4.69, 9.17) is 10.5 Å². The highest BCUT2D eigenvalue weighted by Gasteiger charge is 2.29. The number of nitrogens with zero attached hydrogens (tertiary/aromatic N) is 1. The van der Waals surface area contributed by atoms with Crippen molar-refractivity contribution >= 4 is 39.7 Å². The molecule has 1 aromatic carbocycles. The van der Waals surface area contributed by atoms with E-state index in [1.54, 1.807) is 24.3 Å². The van der Waals surface area contributed by atoms with E-state index in [1.807, 2.05) is 0 Å². The SMILES string of the molecule is Cl.NC(C(=O)Nc1ccc(N2CCCS2(=O)=O)cc1)C1CCOCC1. The first-order chi connectivity index (χ1) is 11.5. The van der Waals surface area contributed by atoms with E-state index in [-0.39, 0.29) is 30.0 Å². The molecule has 2 aliphatic heterocycles. The van der Waals surface area contributed by atoms with Crippen LogP contribution in [0, 0.1) is 5.92 Å². The molecule has 1 amide bonds. The molecule has 0 radical (unpaired) electrons. The molecule has 140 valence electrons. The van der Waals surface area contributed by atoms with Gasteiger partial charge in [-0.15, -0.1) is 12.4 Å². The third-order valence-electron chi connectivity index (χ3n) is 4.60. The Labute approximate surface area is 154 Å². The smallest absolute Gasteiger partial charge is 0.241 e. The Hall–Kier alpha value is -1.35. The summed E-state index contributed by atoms with van der Waals surface area (Å²) in [6, 6.07) is 6.26. The number of nitrogens with two attached hydrogens (primary N) is 1. The van der Waals surface area contributed by atoms with E-state index in [0.29, 0.717) is 37.6 Å². The normalized spacial score (nSPS) is 21.4. The number of benzene rings is 1. The highest BCUT2D eigenvalue weighted by Crippen LogP contribution is 2.25. The molecule has 0 saturated carbocycles. The molecule has 9 heteroatoms. The summed E-state index contributed by atoms with van der Waals surface area (Å²) in [6.07, 6.45) is 2.22. The lowest BCUT2D eigenvalue weighted by molar-refractivity contribution is -0.119. The number of amides is 1. The molecule has 2 heterocycles. The number of halogens is 1. The van der Waals surface area contributed by atoms with Gasteiger partial charge in [0.25, 0.3) is 0 Å². The Kier molecular flexibility index (Phi) is 6.67. The molecule has 3 rings (SSSR count). The third-order valence-corrected chi connectivity index (χ3v) is 6.47. The van der Waals surface area contributed by atoms with Crippen molar-refractivity contribution in [1.82, 2.24) is 0 Å². The maximum Gasteiger partial charge on any atom is 0.241 e. The van der Waals surface area contributed by atoms with Gasteiger partial charge in [0.2, 0.25) is 15.9 Å². The molecule has 0 spiro atoms. The Morgan fingerprint density at radius 1 is 1.24 bits per heavy atom. The molecule has 0 bridgehead atoms. The molecular weight excluding hydrogens is 366 g/mol. The fourth-order valence-corrected chi connectivity index (χ4v) is 4.72. The summed E-state index contributed by atoms with van der Waals surface area (Å²) < 4.78 is 30.5. The number of carbonyl (C=O) groups is 1. The van der Waals surface area contributed by atoms with Crippen molar-refractivity contribution in [2.75, 3.05) is 35.1 Å². The van der Waals surface area contributed by atoms with Gasteiger partial charge in [-0.05, 0) is 49.4 Å². The molecular formula is C16H24ClN3O4S. The van der Waals surface area contributed by atoms with Gasteiger partial charge in [-0.25, -0.2) is 8.42 Å². The Morgan fingerprint density at radius 3 is 2.44 bits per heavy atom. The minimum absolute atomic E-state index is 0. The zero-order valence-electron chi connectivity index (χ0n) is 13.9. The molecule has 0 aliphatic carbocycles. The first-order valence-electron chi connectivity index (χ1n) is 8.22. The van der Waals surface area contributed by atoms with Crippen molar-refractivity contribution in [3.8, 4) is 0 Å². The number of nitrogens with one attached hydrogen (secondary N) is 1. The van der Waals surface area contributed by atoms with Crippen LogP contribution in [0.15, 0.2) is 24.3 Å². The largest absolute Gasteiger partial charge is 0.381 e. The van der Waals surface area contributed by atoms with Crippen molar-refractivity contribution in [3.05, 3.63) is 24.3 Å². The summed E-state index contributed by atoms with van der Waals surface area (Å²) in [7, 11) is -3.19. The number of hydrogen-bond acceptors (Lipinski definition) is 5. The summed E-state index contributed by atoms with van der Waals surface area (Å²) >= 11 is 0. The molecule has 1 atom stereocenters. The van der Waals surface area contributed by atoms with Gasteiger partial charge >= 0.3 is 0 Å². The highest BCUT2D eigenvalue weighted by atomic mass is 35.5. The van der Waals surface area contributed by atoms with Gasteiger partial charge in [0, 0.05) is 25.4 Å². The fourth-order valence-electron chi connectivity index (χ4n) is 3.16. The van der Waals surface area contributed by atoms with Crippen LogP contribution in [-0.4, -0.2) is 45.9 Å². The van der Waals surface area contributed by atoms with Gasteiger partial charge in [-0.3, -0.25) is 9.10 Å². The van der Waals surface area contributed by atoms with Gasteiger partial charge in [0.15, 0.2) is 0 Å². The van der Waals surface area contributed by atoms with Gasteiger partial charge in [0.05, 0.1) is 17.5 Å². The summed E-state index contributed by atoms with van der Waals surface area (Å²) in [5.74, 6) is 0.0991. The number of sulfonamides is 1. The molecule has 1 aromatic rings. The number of ether oxygens (including phenoxy) is 1. The van der Waals surface area contributed by atoms with Gasteiger partial charge in [-0.1, -0.05) is 0 Å². The highest BCUT2D eigenvalue weighted by molar-refractivity contribution is 7.93. The second-order valence-electron chi connectivity index (χ2n) is 6.25. The standard InChI is InChI=1S/C16H23N3O4S.ClH/c17-15(12-6-9-23-10-7-12)16(20)18-13-2-4-14(5-3-13)19-8-1-11-24(19,21)22;/h2-5,12,15H,1,6-11,17H2,(H,18,20);1H. The van der Waals surface area contributed by atoms with Gasteiger partial charge in [-0.2, -0.15) is 0 Å². The van der Waals surface area contributed by atoms with E-state index in [1.165, 1.54) is 4.31 Å². The summed E-state index contributed by atoms with van der Waals surface area (Å²) in [5.41, 5.74) is 7.29. The molecule has 0 aromatic heterocycles. The average molecular weight is 390 g/mol. The molecule has 2 saturated heterocycles. The minimum Gasteiger partial charge on any atom is -0.381 e. The molecule has 2 fully saturated rings. The van der Waals surface area contributed by atoms with E-state index in [2.05, 4.69) is 5.32 Å². The second-order valence-corrected chi connectivity index (χ2v) is 8.27. The number of hydrogen-bond donors (Lipinski definition) is 2. The first-order valence-corrected chi connectivity index (χ1v) is 9.83. The molecule has 1 unspecified atom stereocenters. The van der Waals surface area contributed by atoms with Crippen LogP contribution in [-0.2, 0) is 19.6 Å². The van der Waals surface area contributed by atoms with Crippen molar-refractivity contribution < 1.29 is 17.9 Å². The molecule has 25 heavy (non-hydrogen) atoms. The van der Waals surface area contributed by atoms with Crippen molar-refractivity contribution in [3.63, 3.8) is 0 Å². The fraction of sp³-hybridized carbons (Fsp3) is 0.562. The Balaban J connectivity index is 0.00000225. The van der Waals surface area contributed by atoms with Crippen LogP contribution in [0.3, 0.4) is 0 Å². The lowest BCUT2D eigenvalue weighted by atomic mass is 9.92. The predicted octanol–water partition coefficient (Wildman–Crippen LogP) is 1.34. The quantitative estimate of drug-likeness (QED) is 0.809. The lowest BCUT2D eigenvalue weighted by Crippen LogP contribution is -2.44. The van der Waals surface area contributed by atoms with E-state index in [0.717, 1.165) is 12.8 Å². The number of anilines is 2. The predicted molar refractivity (Wildman–Crippen MR) is 99.6 cm³/mol. The molecule has 2 aliphatic rings. The van der Waals surface area contributed by atoms with Crippen LogP contribution in [0.2, 0.25) is 0 Å². The first kappa shape index (κ1) is 20.0. The minimum atomic E-state index is -3.19. The second kappa shape index (κ2) is 8.35. The Bertz CT molecular complexity index is 690. The lowest BCUT2D eigenvalue weighted by Gasteiger charge is -2.26. The van der Waals surface area contributed by atoms with Crippen LogP contribution >= 0.6 is 12.4 Å². The zero-order chi connectivity index (χ0) is 17.2. The van der Waals surface area contributed by atoms with Crippen LogP contribution in [0.1, 0.15) is 19.3 Å². The summed E-state index contributed by atoms with van der Waals surface area (Å²) in [6.45, 7) is 1.79. The van der Waals surface area contributed by atoms with Crippen LogP contribution in [0.25, 0.3) is 0 Å². The van der Waals surface area contributed by atoms with E-state index < -0.39 is 16.1 Å². The summed E-state index contributed by atoms with van der Waals surface area (Å²) in [5, 5.41) is 2.80. The van der Waals surface area contributed by atoms with Crippen molar-refractivity contribution in [2.24, 2.45) is 11.7 Å². The zero-order valence-corrected chi connectivity index (χ0v) is 15.5. The van der Waals surface area contributed by atoms with Crippen LogP contribution in [0.5, 0.6) is 0 Å². The number of carbonyl (C=O) groups excluding carboxylic acids is 1. The molecule has 7 nitrogen and oxygen atoms in total. The monoisotopic (exact) mass is 389 g/mol. The maximum atomic E-state index is 12.3. The van der Waals surface area contributed by atoms with E-state index >= 15 is 0 Å². The Morgan fingerprint density at radius 2 is 1.88 bits per heavy atom. The summed E-state index contributed by atoms with van der Waals surface area (Å²) in [4.78, 5) is 12.3. The van der Waals surface area contributed by atoms with Crippen molar-refractivity contribution in [1.29, 1.82) is 0 Å². The van der Waals surface area contributed by atoms with Gasteiger partial charge < -0.3 is 15.8 Å². The van der Waals surface area contributed by atoms with Gasteiger partial charge in [0.1, 0.15) is 0 Å². The van der Waals surface area contributed by atoms with E-state index in [9.17, 15) is 13.2 Å². The average Bonchev–Trinajstić information content (AvgIpc) is 2.95. The van der Waals surface area contributed by atoms with Crippen LogP contribution < -0.4 is 15.4 Å². The van der Waals surface area contributed by atoms with Crippen LogP contribution in [0.4, 0.5) is 11.4 Å². The topological polar surface area (TPSA) is 102 Å². The van der Waals surface area contributed by atoms with Crippen molar-refractivity contribution in [2.45, 2.75) is 25.3 Å². The maximum absolute atomic E-state index is 12.3. The number of rotatable bonds is 4. The molecule has 3 N–H and O–H groups in total. The third kappa shape index (κ3) is 4.63.